The Kier molecular flexibility index (Phi) is 3.27. The molecular weight excluding hydrogens is 308 g/mol. The SMILES string of the molecule is O=C1CN(C(=O)c2cccc(-n3cnnn3)c2)c2ccccc2N1. The summed E-state index contributed by atoms with van der Waals surface area (Å²) < 4.78 is 1.47. The molecule has 4 rings (SSSR count). The van der Waals surface area contributed by atoms with Crippen LogP contribution in [0, 0.1) is 0 Å². The molecule has 1 aliphatic heterocycles. The molecule has 0 saturated carbocycles. The van der Waals surface area contributed by atoms with Gasteiger partial charge in [-0.2, -0.15) is 0 Å². The first-order chi connectivity index (χ1) is 11.7. The number of hydrogen-bond acceptors (Lipinski definition) is 5. The van der Waals surface area contributed by atoms with Gasteiger partial charge in [-0.05, 0) is 40.8 Å². The van der Waals surface area contributed by atoms with E-state index in [4.69, 9.17) is 0 Å². The Bertz CT molecular complexity index is 922. The number of tetrazole rings is 1. The largest absolute Gasteiger partial charge is 0.323 e. The molecule has 0 aliphatic carbocycles. The molecule has 0 fully saturated rings. The lowest BCUT2D eigenvalue weighted by molar-refractivity contribution is -0.115. The smallest absolute Gasteiger partial charge is 0.258 e. The summed E-state index contributed by atoms with van der Waals surface area (Å²) in [6.07, 6.45) is 1.45. The van der Waals surface area contributed by atoms with Crippen molar-refractivity contribution in [2.24, 2.45) is 0 Å². The van der Waals surface area contributed by atoms with Crippen LogP contribution >= 0.6 is 0 Å². The molecule has 118 valence electrons. The van der Waals surface area contributed by atoms with Crippen molar-refractivity contribution in [2.45, 2.75) is 0 Å². The fourth-order valence-corrected chi connectivity index (χ4v) is 2.63. The standard InChI is InChI=1S/C16H12N6O2/c23-15-9-21(14-7-2-1-6-13(14)18-15)16(24)11-4-3-5-12(8-11)22-10-17-19-20-22/h1-8,10H,9H2,(H,18,23). The van der Waals surface area contributed by atoms with Crippen molar-refractivity contribution >= 4 is 23.2 Å². The molecule has 2 amide bonds. The van der Waals surface area contributed by atoms with E-state index in [1.54, 1.807) is 36.4 Å². The van der Waals surface area contributed by atoms with Gasteiger partial charge in [-0.25, -0.2) is 4.68 Å². The number of benzene rings is 2. The van der Waals surface area contributed by atoms with Gasteiger partial charge in [0.05, 0.1) is 17.1 Å². The van der Waals surface area contributed by atoms with E-state index in [0.717, 1.165) is 0 Å². The van der Waals surface area contributed by atoms with Gasteiger partial charge in [0.25, 0.3) is 5.91 Å². The van der Waals surface area contributed by atoms with Gasteiger partial charge in [-0.3, -0.25) is 14.5 Å². The fourth-order valence-electron chi connectivity index (χ4n) is 2.63. The van der Waals surface area contributed by atoms with Crippen LogP contribution in [-0.2, 0) is 4.79 Å². The Morgan fingerprint density at radius 2 is 2.00 bits per heavy atom. The summed E-state index contributed by atoms with van der Waals surface area (Å²) in [6, 6.07) is 14.1. The molecule has 0 spiro atoms. The Labute approximate surface area is 136 Å². The highest BCUT2D eigenvalue weighted by Crippen LogP contribution is 2.30. The second-order valence-electron chi connectivity index (χ2n) is 5.26. The minimum atomic E-state index is -0.257. The zero-order valence-corrected chi connectivity index (χ0v) is 12.5. The number of aromatic nitrogens is 4. The number of para-hydroxylation sites is 2. The summed E-state index contributed by atoms with van der Waals surface area (Å²) in [5.74, 6) is -0.481. The summed E-state index contributed by atoms with van der Waals surface area (Å²) in [6.45, 7) is -0.0229. The van der Waals surface area contributed by atoms with Crippen LogP contribution in [0.15, 0.2) is 54.9 Å². The number of anilines is 2. The third-order valence-electron chi connectivity index (χ3n) is 3.72. The molecule has 2 heterocycles. The highest BCUT2D eigenvalue weighted by molar-refractivity contribution is 6.15. The second kappa shape index (κ2) is 5.58. The van der Waals surface area contributed by atoms with E-state index >= 15 is 0 Å². The van der Waals surface area contributed by atoms with Gasteiger partial charge in [-0.15, -0.1) is 5.10 Å². The molecule has 1 aliphatic rings. The predicted molar refractivity (Wildman–Crippen MR) is 85.9 cm³/mol. The number of carbonyl (C=O) groups is 2. The molecule has 1 aromatic heterocycles. The zero-order valence-electron chi connectivity index (χ0n) is 12.5. The number of rotatable bonds is 2. The third kappa shape index (κ3) is 2.39. The van der Waals surface area contributed by atoms with E-state index in [0.29, 0.717) is 22.6 Å². The Hall–Kier alpha value is -3.55. The van der Waals surface area contributed by atoms with Gasteiger partial charge in [0.15, 0.2) is 0 Å². The van der Waals surface area contributed by atoms with Gasteiger partial charge in [0, 0.05) is 5.56 Å². The van der Waals surface area contributed by atoms with Gasteiger partial charge >= 0.3 is 0 Å². The van der Waals surface area contributed by atoms with Crippen molar-refractivity contribution in [3.8, 4) is 5.69 Å². The lowest BCUT2D eigenvalue weighted by atomic mass is 10.1. The van der Waals surface area contributed by atoms with E-state index < -0.39 is 0 Å². The number of carbonyl (C=O) groups excluding carboxylic acids is 2. The average molecular weight is 320 g/mol. The number of nitrogens with zero attached hydrogens (tertiary/aromatic N) is 5. The molecule has 1 N–H and O–H groups in total. The quantitative estimate of drug-likeness (QED) is 0.767. The number of hydrogen-bond donors (Lipinski definition) is 1. The zero-order chi connectivity index (χ0) is 16.5. The number of fused-ring (bicyclic) bond motifs is 1. The second-order valence-corrected chi connectivity index (χ2v) is 5.26. The predicted octanol–water partition coefficient (Wildman–Crippen LogP) is 1.26. The first kappa shape index (κ1) is 14.1. The monoisotopic (exact) mass is 320 g/mol. The van der Waals surface area contributed by atoms with Crippen molar-refractivity contribution in [2.75, 3.05) is 16.8 Å². The van der Waals surface area contributed by atoms with Gasteiger partial charge < -0.3 is 5.32 Å². The van der Waals surface area contributed by atoms with Crippen LogP contribution in [0.3, 0.4) is 0 Å². The fraction of sp³-hybridized carbons (Fsp3) is 0.0625. The maximum atomic E-state index is 12.9. The lowest BCUT2D eigenvalue weighted by Gasteiger charge is -2.29. The van der Waals surface area contributed by atoms with Crippen LogP contribution in [0.5, 0.6) is 0 Å². The molecule has 2 aromatic carbocycles. The van der Waals surface area contributed by atoms with E-state index in [1.165, 1.54) is 15.9 Å². The molecular formula is C16H12N6O2. The highest BCUT2D eigenvalue weighted by Gasteiger charge is 2.27. The Morgan fingerprint density at radius 1 is 1.12 bits per heavy atom. The summed E-state index contributed by atoms with van der Waals surface area (Å²) in [5.41, 5.74) is 2.42. The summed E-state index contributed by atoms with van der Waals surface area (Å²) in [4.78, 5) is 26.3. The van der Waals surface area contributed by atoms with Crippen LogP contribution < -0.4 is 10.2 Å². The number of nitrogens with one attached hydrogen (secondary N) is 1. The third-order valence-corrected chi connectivity index (χ3v) is 3.72. The van der Waals surface area contributed by atoms with Crippen molar-refractivity contribution in [1.82, 2.24) is 20.2 Å². The first-order valence-corrected chi connectivity index (χ1v) is 7.26. The van der Waals surface area contributed by atoms with Gasteiger partial charge in [-0.1, -0.05) is 18.2 Å². The number of amides is 2. The van der Waals surface area contributed by atoms with Crippen molar-refractivity contribution in [3.63, 3.8) is 0 Å². The van der Waals surface area contributed by atoms with E-state index in [-0.39, 0.29) is 18.4 Å². The van der Waals surface area contributed by atoms with Crippen molar-refractivity contribution < 1.29 is 9.59 Å². The summed E-state index contributed by atoms with van der Waals surface area (Å²) >= 11 is 0. The molecule has 8 nitrogen and oxygen atoms in total. The normalized spacial score (nSPS) is 13.3. The molecule has 0 saturated heterocycles. The molecule has 0 unspecified atom stereocenters. The topological polar surface area (TPSA) is 93.0 Å². The lowest BCUT2D eigenvalue weighted by Crippen LogP contribution is -2.42. The molecule has 8 heteroatoms. The van der Waals surface area contributed by atoms with Crippen LogP contribution in [0.25, 0.3) is 5.69 Å². The van der Waals surface area contributed by atoms with Crippen LogP contribution in [-0.4, -0.2) is 38.6 Å². The van der Waals surface area contributed by atoms with Crippen LogP contribution in [0.2, 0.25) is 0 Å². The van der Waals surface area contributed by atoms with Crippen LogP contribution in [0.4, 0.5) is 11.4 Å². The van der Waals surface area contributed by atoms with Gasteiger partial charge in [0.1, 0.15) is 12.9 Å². The minimum Gasteiger partial charge on any atom is -0.323 e. The maximum absolute atomic E-state index is 12.9. The van der Waals surface area contributed by atoms with Crippen molar-refractivity contribution in [1.29, 1.82) is 0 Å². The summed E-state index contributed by atoms with van der Waals surface area (Å²) in [5, 5.41) is 13.8. The highest BCUT2D eigenvalue weighted by atomic mass is 16.2. The van der Waals surface area contributed by atoms with E-state index in [2.05, 4.69) is 20.8 Å². The molecule has 0 bridgehead atoms. The van der Waals surface area contributed by atoms with Crippen LogP contribution in [0.1, 0.15) is 10.4 Å². The average Bonchev–Trinajstić information content (AvgIpc) is 3.15. The molecule has 3 aromatic rings. The molecule has 0 radical (unpaired) electrons. The maximum Gasteiger partial charge on any atom is 0.258 e. The van der Waals surface area contributed by atoms with E-state index in [9.17, 15) is 9.59 Å². The van der Waals surface area contributed by atoms with E-state index in [1.807, 2.05) is 12.1 Å². The molecule has 24 heavy (non-hydrogen) atoms. The Balaban J connectivity index is 1.72. The molecule has 0 atom stereocenters. The first-order valence-electron chi connectivity index (χ1n) is 7.26. The minimum absolute atomic E-state index is 0.0229. The summed E-state index contributed by atoms with van der Waals surface area (Å²) in [7, 11) is 0. The van der Waals surface area contributed by atoms with Gasteiger partial charge in [0.2, 0.25) is 5.91 Å². The Morgan fingerprint density at radius 3 is 2.83 bits per heavy atom. The van der Waals surface area contributed by atoms with Crippen molar-refractivity contribution in [3.05, 3.63) is 60.4 Å².